The highest BCUT2D eigenvalue weighted by Crippen LogP contribution is 2.21. The van der Waals surface area contributed by atoms with Gasteiger partial charge in [-0.2, -0.15) is 0 Å². The second-order valence-electron chi connectivity index (χ2n) is 5.90. The van der Waals surface area contributed by atoms with Crippen LogP contribution in [0.25, 0.3) is 0 Å². The van der Waals surface area contributed by atoms with Crippen LogP contribution in [0.15, 0.2) is 52.4 Å². The third-order valence-corrected chi connectivity index (χ3v) is 5.08. The van der Waals surface area contributed by atoms with Crippen molar-refractivity contribution in [3.63, 3.8) is 0 Å². The molecule has 152 valence electrons. The molecule has 0 aliphatic rings. The van der Waals surface area contributed by atoms with E-state index in [0.29, 0.717) is 36.2 Å². The maximum absolute atomic E-state index is 12.1. The Morgan fingerprint density at radius 2 is 1.82 bits per heavy atom. The van der Waals surface area contributed by atoms with Gasteiger partial charge >= 0.3 is 0 Å². The summed E-state index contributed by atoms with van der Waals surface area (Å²) in [5.74, 6) is 0.504. The van der Waals surface area contributed by atoms with Crippen LogP contribution in [0.3, 0.4) is 0 Å². The van der Waals surface area contributed by atoms with Crippen molar-refractivity contribution in [3.8, 4) is 0 Å². The lowest BCUT2D eigenvalue weighted by atomic mass is 10.1. The molecule has 0 heterocycles. The van der Waals surface area contributed by atoms with Gasteiger partial charge in [-0.25, -0.2) is 0 Å². The first-order chi connectivity index (χ1) is 13.0. The predicted molar refractivity (Wildman–Crippen MR) is 130 cm³/mol. The summed E-state index contributed by atoms with van der Waals surface area (Å²) < 4.78 is 0. The van der Waals surface area contributed by atoms with Gasteiger partial charge in [-0.1, -0.05) is 35.9 Å². The summed E-state index contributed by atoms with van der Waals surface area (Å²) in [5.41, 5.74) is 2.95. The Morgan fingerprint density at radius 3 is 2.50 bits per heavy atom. The topological polar surface area (TPSA) is 65.5 Å². The number of amides is 1. The fourth-order valence-corrected chi connectivity index (χ4v) is 3.42. The number of carbonyl (C=O) groups is 1. The lowest BCUT2D eigenvalue weighted by Crippen LogP contribution is -2.41. The molecular weight excluding hydrogens is 507 g/mol. The highest BCUT2D eigenvalue weighted by Gasteiger charge is 2.08. The number of guanidine groups is 1. The monoisotopic (exact) mass is 532 g/mol. The van der Waals surface area contributed by atoms with Crippen LogP contribution in [0.2, 0.25) is 5.02 Å². The number of carbonyl (C=O) groups excluding carboxylic acids is 1. The second-order valence-corrected chi connectivity index (χ2v) is 7.16. The van der Waals surface area contributed by atoms with Crippen LogP contribution in [0.1, 0.15) is 21.5 Å². The zero-order chi connectivity index (χ0) is 19.6. The largest absolute Gasteiger partial charge is 0.355 e. The lowest BCUT2D eigenvalue weighted by molar-refractivity contribution is 0.0954. The number of halogens is 2. The maximum atomic E-state index is 12.1. The molecule has 8 heteroatoms. The Morgan fingerprint density at radius 1 is 1.11 bits per heavy atom. The summed E-state index contributed by atoms with van der Waals surface area (Å²) in [7, 11) is 1.72. The van der Waals surface area contributed by atoms with Crippen LogP contribution in [0.5, 0.6) is 0 Å². The normalized spacial score (nSPS) is 10.8. The standard InChI is InChI=1S/C20H25ClN4OS.HI/c1-14-8-9-15(18(12-14)27-3)13-25-20(22-2)24-11-10-23-19(26)16-6-4-5-7-17(16)21;/h4-9,12H,10-11,13H2,1-3H3,(H,23,26)(H2,22,24,25);1H. The smallest absolute Gasteiger partial charge is 0.252 e. The van der Waals surface area contributed by atoms with Crippen molar-refractivity contribution in [2.45, 2.75) is 18.4 Å². The number of hydrogen-bond acceptors (Lipinski definition) is 3. The summed E-state index contributed by atoms with van der Waals surface area (Å²) in [5, 5.41) is 9.79. The van der Waals surface area contributed by atoms with Gasteiger partial charge < -0.3 is 16.0 Å². The van der Waals surface area contributed by atoms with E-state index < -0.39 is 0 Å². The van der Waals surface area contributed by atoms with E-state index in [-0.39, 0.29) is 29.9 Å². The van der Waals surface area contributed by atoms with E-state index in [0.717, 1.165) is 0 Å². The second kappa shape index (κ2) is 12.9. The van der Waals surface area contributed by atoms with Crippen molar-refractivity contribution in [2.24, 2.45) is 4.99 Å². The third-order valence-electron chi connectivity index (χ3n) is 3.93. The van der Waals surface area contributed by atoms with Gasteiger partial charge in [0.15, 0.2) is 5.96 Å². The quantitative estimate of drug-likeness (QED) is 0.165. The molecule has 28 heavy (non-hydrogen) atoms. The molecular formula is C20H26ClIN4OS. The minimum Gasteiger partial charge on any atom is -0.355 e. The molecule has 0 aromatic heterocycles. The van der Waals surface area contributed by atoms with Crippen molar-refractivity contribution < 1.29 is 4.79 Å². The fraction of sp³-hybridized carbons (Fsp3) is 0.300. The fourth-order valence-electron chi connectivity index (χ4n) is 2.49. The van der Waals surface area contributed by atoms with Crippen molar-refractivity contribution in [3.05, 3.63) is 64.2 Å². The first-order valence-corrected chi connectivity index (χ1v) is 10.3. The number of thioether (sulfide) groups is 1. The minimum absolute atomic E-state index is 0. The van der Waals surface area contributed by atoms with Gasteiger partial charge in [0.1, 0.15) is 0 Å². The van der Waals surface area contributed by atoms with E-state index in [2.05, 4.69) is 52.3 Å². The molecule has 0 spiro atoms. The van der Waals surface area contributed by atoms with E-state index >= 15 is 0 Å². The Bertz CT molecular complexity index is 817. The van der Waals surface area contributed by atoms with Crippen molar-refractivity contribution in [2.75, 3.05) is 26.4 Å². The first-order valence-electron chi connectivity index (χ1n) is 8.66. The summed E-state index contributed by atoms with van der Waals surface area (Å²) in [4.78, 5) is 17.6. The van der Waals surface area contributed by atoms with Gasteiger partial charge in [-0.15, -0.1) is 35.7 Å². The molecule has 0 saturated heterocycles. The SMILES string of the molecule is CN=C(NCCNC(=O)c1ccccc1Cl)NCc1ccc(C)cc1SC.I. The molecule has 0 aliphatic heterocycles. The predicted octanol–water partition coefficient (Wildman–Crippen LogP) is 4.08. The van der Waals surface area contributed by atoms with E-state index in [4.69, 9.17) is 11.6 Å². The van der Waals surface area contributed by atoms with Gasteiger partial charge in [0.05, 0.1) is 10.6 Å². The highest BCUT2D eigenvalue weighted by molar-refractivity contribution is 14.0. The van der Waals surface area contributed by atoms with E-state index in [1.54, 1.807) is 43.1 Å². The van der Waals surface area contributed by atoms with E-state index in [1.807, 2.05) is 0 Å². The molecule has 0 radical (unpaired) electrons. The average Bonchev–Trinajstić information content (AvgIpc) is 2.68. The molecule has 0 unspecified atom stereocenters. The third kappa shape index (κ3) is 7.52. The van der Waals surface area contributed by atoms with Crippen molar-refractivity contribution in [1.82, 2.24) is 16.0 Å². The molecule has 5 nitrogen and oxygen atoms in total. The Balaban J connectivity index is 0.00000392. The Hall–Kier alpha value is -1.45. The molecule has 0 saturated carbocycles. The summed E-state index contributed by atoms with van der Waals surface area (Å²) in [6.45, 7) is 3.79. The molecule has 3 N–H and O–H groups in total. The van der Waals surface area contributed by atoms with Crippen LogP contribution in [-0.4, -0.2) is 38.3 Å². The molecule has 0 atom stereocenters. The van der Waals surface area contributed by atoms with Crippen LogP contribution < -0.4 is 16.0 Å². The van der Waals surface area contributed by atoms with Crippen molar-refractivity contribution >= 4 is 59.2 Å². The highest BCUT2D eigenvalue weighted by atomic mass is 127. The number of aliphatic imine (C=N–C) groups is 1. The number of hydrogen-bond donors (Lipinski definition) is 3. The molecule has 2 aromatic carbocycles. The molecule has 2 rings (SSSR count). The lowest BCUT2D eigenvalue weighted by Gasteiger charge is -2.14. The minimum atomic E-state index is -0.186. The van der Waals surface area contributed by atoms with E-state index in [9.17, 15) is 4.79 Å². The first kappa shape index (κ1) is 24.6. The van der Waals surface area contributed by atoms with Crippen LogP contribution >= 0.6 is 47.3 Å². The summed E-state index contributed by atoms with van der Waals surface area (Å²) in [6.07, 6.45) is 2.08. The van der Waals surface area contributed by atoms with Crippen molar-refractivity contribution in [1.29, 1.82) is 0 Å². The summed E-state index contributed by atoms with van der Waals surface area (Å²) in [6, 6.07) is 13.4. The van der Waals surface area contributed by atoms with Gasteiger partial charge in [0.2, 0.25) is 0 Å². The average molecular weight is 533 g/mol. The molecule has 0 aliphatic carbocycles. The number of nitrogens with one attached hydrogen (secondary N) is 3. The molecule has 1 amide bonds. The summed E-state index contributed by atoms with van der Waals surface area (Å²) >= 11 is 7.77. The van der Waals surface area contributed by atoms with Gasteiger partial charge in [-0.05, 0) is 42.5 Å². The van der Waals surface area contributed by atoms with E-state index in [1.165, 1.54) is 16.0 Å². The zero-order valence-corrected chi connectivity index (χ0v) is 20.1. The Kier molecular flexibility index (Phi) is 11.3. The number of aryl methyl sites for hydroxylation is 1. The van der Waals surface area contributed by atoms with Gasteiger partial charge in [-0.3, -0.25) is 9.79 Å². The van der Waals surface area contributed by atoms with Gasteiger partial charge in [0.25, 0.3) is 5.91 Å². The molecule has 0 fully saturated rings. The molecule has 0 bridgehead atoms. The Labute approximate surface area is 193 Å². The zero-order valence-electron chi connectivity index (χ0n) is 16.2. The molecule has 2 aromatic rings. The maximum Gasteiger partial charge on any atom is 0.252 e. The number of benzene rings is 2. The van der Waals surface area contributed by atoms with Crippen LogP contribution in [0.4, 0.5) is 0 Å². The van der Waals surface area contributed by atoms with Crippen LogP contribution in [0, 0.1) is 6.92 Å². The number of nitrogens with zero attached hydrogens (tertiary/aromatic N) is 1. The van der Waals surface area contributed by atoms with Crippen LogP contribution in [-0.2, 0) is 6.54 Å². The van der Waals surface area contributed by atoms with Gasteiger partial charge in [0, 0.05) is 31.6 Å². The number of rotatable bonds is 7.